The van der Waals surface area contributed by atoms with Crippen LogP contribution in [0.4, 0.5) is 0 Å². The van der Waals surface area contributed by atoms with Crippen molar-refractivity contribution in [1.29, 1.82) is 0 Å². The number of nitrogens with two attached hydrogens (primary N) is 1. The zero-order valence-corrected chi connectivity index (χ0v) is 12.6. The Bertz CT molecular complexity index is 172. The summed E-state index contributed by atoms with van der Waals surface area (Å²) in [7, 11) is 0. The molecule has 0 aromatic heterocycles. The van der Waals surface area contributed by atoms with E-state index in [9.17, 15) is 0 Å². The Balaban J connectivity index is 1.87. The molecule has 1 heteroatoms. The summed E-state index contributed by atoms with van der Waals surface area (Å²) in [4.78, 5) is 0. The van der Waals surface area contributed by atoms with Crippen molar-refractivity contribution in [2.24, 2.45) is 11.7 Å². The van der Waals surface area contributed by atoms with Gasteiger partial charge in [-0.05, 0) is 25.2 Å². The van der Waals surface area contributed by atoms with E-state index in [1.165, 1.54) is 89.9 Å². The van der Waals surface area contributed by atoms with Crippen molar-refractivity contribution >= 4 is 0 Å². The molecule has 0 amide bonds. The summed E-state index contributed by atoms with van der Waals surface area (Å²) in [6.45, 7) is 2.28. The summed E-state index contributed by atoms with van der Waals surface area (Å²) >= 11 is 0. The van der Waals surface area contributed by atoms with E-state index >= 15 is 0 Å². The fourth-order valence-corrected chi connectivity index (χ4v) is 3.31. The molecular formula is C17H35N. The van der Waals surface area contributed by atoms with Gasteiger partial charge in [-0.2, -0.15) is 0 Å². The normalized spacial score (nSPS) is 19.0. The van der Waals surface area contributed by atoms with Crippen LogP contribution in [0.2, 0.25) is 0 Å². The SMILES string of the molecule is CCCCCCCCCCC(N)C1CCCCC1. The van der Waals surface area contributed by atoms with Gasteiger partial charge in [-0.1, -0.05) is 77.6 Å². The van der Waals surface area contributed by atoms with Crippen LogP contribution in [-0.4, -0.2) is 6.04 Å². The van der Waals surface area contributed by atoms with Crippen molar-refractivity contribution in [3.63, 3.8) is 0 Å². The van der Waals surface area contributed by atoms with E-state index in [1.54, 1.807) is 0 Å². The van der Waals surface area contributed by atoms with Gasteiger partial charge in [-0.3, -0.25) is 0 Å². The quantitative estimate of drug-likeness (QED) is 0.516. The second-order valence-corrected chi connectivity index (χ2v) is 6.33. The molecule has 2 N–H and O–H groups in total. The predicted molar refractivity (Wildman–Crippen MR) is 81.8 cm³/mol. The molecule has 108 valence electrons. The predicted octanol–water partition coefficient (Wildman–Crippen LogP) is 5.42. The van der Waals surface area contributed by atoms with Gasteiger partial charge < -0.3 is 5.73 Å². The molecule has 0 aromatic carbocycles. The third kappa shape index (κ3) is 7.41. The molecule has 1 nitrogen and oxygen atoms in total. The number of rotatable bonds is 10. The smallest absolute Gasteiger partial charge is 0.00671 e. The standard InChI is InChI=1S/C17H35N/c1-2-3-4-5-6-7-8-12-15-17(18)16-13-10-9-11-14-16/h16-17H,2-15,18H2,1H3. The fraction of sp³-hybridized carbons (Fsp3) is 1.00. The molecule has 1 fully saturated rings. The van der Waals surface area contributed by atoms with Crippen molar-refractivity contribution in [3.8, 4) is 0 Å². The molecular weight excluding hydrogens is 218 g/mol. The number of unbranched alkanes of at least 4 members (excludes halogenated alkanes) is 7. The summed E-state index contributed by atoms with van der Waals surface area (Å²) in [6.07, 6.45) is 19.7. The fourth-order valence-electron chi connectivity index (χ4n) is 3.31. The van der Waals surface area contributed by atoms with Gasteiger partial charge in [0.1, 0.15) is 0 Å². The second kappa shape index (κ2) is 10.8. The largest absolute Gasteiger partial charge is 0.327 e. The van der Waals surface area contributed by atoms with Gasteiger partial charge in [0.15, 0.2) is 0 Å². The maximum atomic E-state index is 6.33. The van der Waals surface area contributed by atoms with Crippen LogP contribution in [0.5, 0.6) is 0 Å². The zero-order chi connectivity index (χ0) is 13.1. The molecule has 1 aliphatic carbocycles. The van der Waals surface area contributed by atoms with Crippen LogP contribution in [0.3, 0.4) is 0 Å². The highest BCUT2D eigenvalue weighted by molar-refractivity contribution is 4.76. The van der Waals surface area contributed by atoms with Gasteiger partial charge in [0.25, 0.3) is 0 Å². The van der Waals surface area contributed by atoms with E-state index in [0.29, 0.717) is 6.04 Å². The van der Waals surface area contributed by atoms with Crippen molar-refractivity contribution in [2.45, 2.75) is 103 Å². The van der Waals surface area contributed by atoms with E-state index in [2.05, 4.69) is 6.92 Å². The third-order valence-electron chi connectivity index (χ3n) is 4.65. The lowest BCUT2D eigenvalue weighted by Gasteiger charge is -2.27. The Morgan fingerprint density at radius 1 is 0.833 bits per heavy atom. The van der Waals surface area contributed by atoms with E-state index in [-0.39, 0.29) is 0 Å². The van der Waals surface area contributed by atoms with Crippen LogP contribution < -0.4 is 5.73 Å². The van der Waals surface area contributed by atoms with Crippen LogP contribution >= 0.6 is 0 Å². The molecule has 18 heavy (non-hydrogen) atoms. The Morgan fingerprint density at radius 3 is 2.00 bits per heavy atom. The molecule has 0 aliphatic heterocycles. The minimum atomic E-state index is 0.505. The highest BCUT2D eigenvalue weighted by Crippen LogP contribution is 2.27. The van der Waals surface area contributed by atoms with Gasteiger partial charge in [-0.15, -0.1) is 0 Å². The highest BCUT2D eigenvalue weighted by Gasteiger charge is 2.19. The zero-order valence-electron chi connectivity index (χ0n) is 12.6. The molecule has 1 unspecified atom stereocenters. The number of hydrogen-bond acceptors (Lipinski definition) is 1. The third-order valence-corrected chi connectivity index (χ3v) is 4.65. The molecule has 0 bridgehead atoms. The first-order chi connectivity index (χ1) is 8.84. The highest BCUT2D eigenvalue weighted by atomic mass is 14.6. The Hall–Kier alpha value is -0.0400. The topological polar surface area (TPSA) is 26.0 Å². The van der Waals surface area contributed by atoms with E-state index < -0.39 is 0 Å². The minimum Gasteiger partial charge on any atom is -0.327 e. The van der Waals surface area contributed by atoms with Crippen molar-refractivity contribution in [1.82, 2.24) is 0 Å². The monoisotopic (exact) mass is 253 g/mol. The molecule has 0 radical (unpaired) electrons. The summed E-state index contributed by atoms with van der Waals surface area (Å²) in [5.74, 6) is 0.850. The first kappa shape index (κ1) is 16.0. The van der Waals surface area contributed by atoms with E-state index in [4.69, 9.17) is 5.73 Å². The first-order valence-corrected chi connectivity index (χ1v) is 8.60. The molecule has 1 rings (SSSR count). The van der Waals surface area contributed by atoms with Crippen molar-refractivity contribution in [3.05, 3.63) is 0 Å². The Morgan fingerprint density at radius 2 is 1.39 bits per heavy atom. The molecule has 0 heterocycles. The van der Waals surface area contributed by atoms with Crippen molar-refractivity contribution < 1.29 is 0 Å². The van der Waals surface area contributed by atoms with E-state index in [0.717, 1.165) is 5.92 Å². The summed E-state index contributed by atoms with van der Waals surface area (Å²) < 4.78 is 0. The Kier molecular flexibility index (Phi) is 9.65. The van der Waals surface area contributed by atoms with Gasteiger partial charge >= 0.3 is 0 Å². The minimum absolute atomic E-state index is 0.505. The summed E-state index contributed by atoms with van der Waals surface area (Å²) in [5.41, 5.74) is 6.33. The molecule has 0 saturated heterocycles. The van der Waals surface area contributed by atoms with Crippen LogP contribution in [0, 0.1) is 5.92 Å². The van der Waals surface area contributed by atoms with Crippen LogP contribution in [0.1, 0.15) is 96.8 Å². The van der Waals surface area contributed by atoms with Crippen molar-refractivity contribution in [2.75, 3.05) is 0 Å². The molecule has 1 aliphatic rings. The van der Waals surface area contributed by atoms with Gasteiger partial charge in [0.2, 0.25) is 0 Å². The maximum absolute atomic E-state index is 6.33. The molecule has 1 saturated carbocycles. The maximum Gasteiger partial charge on any atom is 0.00671 e. The average Bonchev–Trinajstić information content (AvgIpc) is 2.42. The lowest BCUT2D eigenvalue weighted by atomic mass is 9.82. The Labute approximate surface area is 115 Å². The van der Waals surface area contributed by atoms with Gasteiger partial charge in [0, 0.05) is 6.04 Å². The first-order valence-electron chi connectivity index (χ1n) is 8.60. The summed E-state index contributed by atoms with van der Waals surface area (Å²) in [5, 5.41) is 0. The van der Waals surface area contributed by atoms with Crippen LogP contribution in [0.25, 0.3) is 0 Å². The van der Waals surface area contributed by atoms with Crippen LogP contribution in [-0.2, 0) is 0 Å². The van der Waals surface area contributed by atoms with Crippen LogP contribution in [0.15, 0.2) is 0 Å². The van der Waals surface area contributed by atoms with Gasteiger partial charge in [0.05, 0.1) is 0 Å². The molecule has 1 atom stereocenters. The van der Waals surface area contributed by atoms with Gasteiger partial charge in [-0.25, -0.2) is 0 Å². The molecule has 0 aromatic rings. The summed E-state index contributed by atoms with van der Waals surface area (Å²) in [6, 6.07) is 0.505. The second-order valence-electron chi connectivity index (χ2n) is 6.33. The van der Waals surface area contributed by atoms with E-state index in [1.807, 2.05) is 0 Å². The lowest BCUT2D eigenvalue weighted by Crippen LogP contribution is -2.31. The average molecular weight is 253 g/mol. The lowest BCUT2D eigenvalue weighted by molar-refractivity contribution is 0.290. The molecule has 0 spiro atoms. The number of hydrogen-bond donors (Lipinski definition) is 1.